The summed E-state index contributed by atoms with van der Waals surface area (Å²) in [6, 6.07) is 2.46. The summed E-state index contributed by atoms with van der Waals surface area (Å²) in [5.41, 5.74) is 0.344. The molecule has 1 unspecified atom stereocenters. The Hall–Kier alpha value is -2.20. The molecule has 25 heavy (non-hydrogen) atoms. The van der Waals surface area contributed by atoms with Gasteiger partial charge in [0.15, 0.2) is 0 Å². The Morgan fingerprint density at radius 2 is 2.08 bits per heavy atom. The number of rotatable bonds is 6. The normalized spacial score (nSPS) is 14.2. The van der Waals surface area contributed by atoms with Gasteiger partial charge in [0.2, 0.25) is 5.95 Å². The van der Waals surface area contributed by atoms with Gasteiger partial charge in [-0.3, -0.25) is 4.79 Å². The average molecular weight is 374 g/mol. The molecule has 2 heterocycles. The van der Waals surface area contributed by atoms with E-state index in [0.717, 1.165) is 13.0 Å². The first kappa shape index (κ1) is 19.1. The number of aromatic nitrogens is 2. The van der Waals surface area contributed by atoms with E-state index in [4.69, 9.17) is 0 Å². The molecule has 1 amide bonds. The number of pyridine rings is 1. The maximum absolute atomic E-state index is 13.2. The molecule has 0 radical (unpaired) electrons. The fourth-order valence-corrected chi connectivity index (χ4v) is 3.01. The molecule has 0 bridgehead atoms. The van der Waals surface area contributed by atoms with E-state index in [1.54, 1.807) is 7.05 Å². The Morgan fingerprint density at radius 1 is 1.40 bits per heavy atom. The van der Waals surface area contributed by atoms with Crippen LogP contribution in [0.5, 0.6) is 0 Å². The number of carbonyl (C=O) groups excluding carboxylic acids is 1. The van der Waals surface area contributed by atoms with Gasteiger partial charge in [0, 0.05) is 38.1 Å². The molecule has 2 aromatic heterocycles. The SMILES string of the molecule is C[C@@H](NS(=O)c1cc(C(=O)Nc2ccnc(F)c2)n(C)c1)C(C)(F)F. The fourth-order valence-electron chi connectivity index (χ4n) is 1.87. The van der Waals surface area contributed by atoms with Crippen molar-refractivity contribution in [3.8, 4) is 0 Å². The molecule has 0 saturated heterocycles. The van der Waals surface area contributed by atoms with Crippen molar-refractivity contribution in [1.29, 1.82) is 0 Å². The summed E-state index contributed by atoms with van der Waals surface area (Å²) in [6.07, 6.45) is 2.60. The van der Waals surface area contributed by atoms with Crippen molar-refractivity contribution in [1.82, 2.24) is 14.3 Å². The van der Waals surface area contributed by atoms with Crippen LogP contribution in [0.4, 0.5) is 18.9 Å². The monoisotopic (exact) mass is 374 g/mol. The molecule has 0 aliphatic heterocycles. The summed E-state index contributed by atoms with van der Waals surface area (Å²) >= 11 is 0. The van der Waals surface area contributed by atoms with Crippen molar-refractivity contribution in [2.75, 3.05) is 5.32 Å². The lowest BCUT2D eigenvalue weighted by Gasteiger charge is -2.19. The number of nitrogens with one attached hydrogen (secondary N) is 2. The number of carbonyl (C=O) groups is 1. The predicted molar refractivity (Wildman–Crippen MR) is 87.2 cm³/mol. The summed E-state index contributed by atoms with van der Waals surface area (Å²) in [5.74, 6) is -4.36. The fraction of sp³-hybridized carbons (Fsp3) is 0.333. The third-order valence-corrected chi connectivity index (χ3v) is 4.67. The second kappa shape index (κ2) is 7.36. The topological polar surface area (TPSA) is 76.0 Å². The van der Waals surface area contributed by atoms with Gasteiger partial charge in [-0.2, -0.15) is 4.39 Å². The Bertz CT molecular complexity index is 804. The van der Waals surface area contributed by atoms with Crippen LogP contribution in [0.1, 0.15) is 24.3 Å². The number of hydrogen-bond acceptors (Lipinski definition) is 3. The van der Waals surface area contributed by atoms with Gasteiger partial charge in [-0.1, -0.05) is 0 Å². The van der Waals surface area contributed by atoms with Crippen LogP contribution in [-0.4, -0.2) is 31.6 Å². The standard InChI is InChI=1S/C15H17F3N4O2S/c1-9(15(2,17)18)21-25(24)11-7-12(22(3)8-11)14(23)20-10-4-5-19-13(16)6-10/h4-9,21H,1-3H3,(H,19,20,23)/t9-,25?/m1/s1. The summed E-state index contributed by atoms with van der Waals surface area (Å²) in [5, 5.41) is 2.48. The minimum atomic E-state index is -3.05. The molecule has 0 aliphatic carbocycles. The van der Waals surface area contributed by atoms with Crippen molar-refractivity contribution in [3.05, 3.63) is 42.2 Å². The number of aryl methyl sites for hydroxylation is 1. The highest BCUT2D eigenvalue weighted by atomic mass is 32.2. The van der Waals surface area contributed by atoms with Gasteiger partial charge in [0.25, 0.3) is 11.8 Å². The van der Waals surface area contributed by atoms with E-state index in [1.807, 2.05) is 0 Å². The second-order valence-electron chi connectivity index (χ2n) is 5.56. The van der Waals surface area contributed by atoms with Crippen LogP contribution < -0.4 is 10.0 Å². The highest BCUT2D eigenvalue weighted by Gasteiger charge is 2.31. The lowest BCUT2D eigenvalue weighted by atomic mass is 10.2. The molecule has 2 atom stereocenters. The number of hydrogen-bond donors (Lipinski definition) is 2. The van der Waals surface area contributed by atoms with Crippen molar-refractivity contribution in [2.45, 2.75) is 30.7 Å². The number of amides is 1. The van der Waals surface area contributed by atoms with Crippen LogP contribution in [0.3, 0.4) is 0 Å². The zero-order valence-electron chi connectivity index (χ0n) is 13.7. The molecular weight excluding hydrogens is 357 g/mol. The van der Waals surface area contributed by atoms with Gasteiger partial charge in [-0.25, -0.2) is 22.7 Å². The van der Waals surface area contributed by atoms with Crippen LogP contribution in [0, 0.1) is 5.95 Å². The Labute approximate surface area is 145 Å². The summed E-state index contributed by atoms with van der Waals surface area (Å²) in [4.78, 5) is 15.8. The van der Waals surface area contributed by atoms with Crippen LogP contribution in [0.15, 0.2) is 35.5 Å². The molecule has 0 fully saturated rings. The third-order valence-electron chi connectivity index (χ3n) is 3.46. The first-order chi connectivity index (χ1) is 11.6. The van der Waals surface area contributed by atoms with Crippen LogP contribution in [0.25, 0.3) is 0 Å². The van der Waals surface area contributed by atoms with Crippen molar-refractivity contribution < 1.29 is 22.2 Å². The smallest absolute Gasteiger partial charge is 0.272 e. The quantitative estimate of drug-likeness (QED) is 0.763. The first-order valence-electron chi connectivity index (χ1n) is 7.23. The van der Waals surface area contributed by atoms with Crippen molar-refractivity contribution >= 4 is 22.6 Å². The Kier molecular flexibility index (Phi) is 5.63. The summed E-state index contributed by atoms with van der Waals surface area (Å²) in [7, 11) is -0.375. The molecule has 0 spiro atoms. The van der Waals surface area contributed by atoms with Gasteiger partial charge >= 0.3 is 0 Å². The number of alkyl halides is 2. The largest absolute Gasteiger partial charge is 0.345 e. The van der Waals surface area contributed by atoms with Crippen LogP contribution in [0.2, 0.25) is 0 Å². The van der Waals surface area contributed by atoms with Gasteiger partial charge in [0.05, 0.1) is 10.9 Å². The van der Waals surface area contributed by atoms with Gasteiger partial charge in [-0.15, -0.1) is 0 Å². The summed E-state index contributed by atoms with van der Waals surface area (Å²) in [6.45, 7) is 1.94. The van der Waals surface area contributed by atoms with Gasteiger partial charge in [0.1, 0.15) is 16.7 Å². The molecule has 6 nitrogen and oxygen atoms in total. The maximum Gasteiger partial charge on any atom is 0.272 e. The molecule has 136 valence electrons. The van der Waals surface area contributed by atoms with E-state index in [-0.39, 0.29) is 16.3 Å². The van der Waals surface area contributed by atoms with Crippen molar-refractivity contribution in [3.63, 3.8) is 0 Å². The van der Waals surface area contributed by atoms with E-state index in [2.05, 4.69) is 15.0 Å². The van der Waals surface area contributed by atoms with E-state index < -0.39 is 34.8 Å². The molecule has 0 aromatic carbocycles. The Morgan fingerprint density at radius 3 is 2.68 bits per heavy atom. The van der Waals surface area contributed by atoms with E-state index in [9.17, 15) is 22.2 Å². The molecule has 2 aromatic rings. The average Bonchev–Trinajstić information content (AvgIpc) is 2.88. The van der Waals surface area contributed by atoms with Crippen LogP contribution >= 0.6 is 0 Å². The van der Waals surface area contributed by atoms with E-state index in [1.165, 1.54) is 36.0 Å². The lowest BCUT2D eigenvalue weighted by molar-refractivity contribution is -0.00444. The lowest BCUT2D eigenvalue weighted by Crippen LogP contribution is -2.41. The van der Waals surface area contributed by atoms with Gasteiger partial charge in [-0.05, 0) is 19.1 Å². The maximum atomic E-state index is 13.2. The van der Waals surface area contributed by atoms with E-state index >= 15 is 0 Å². The molecule has 0 saturated carbocycles. The van der Waals surface area contributed by atoms with Gasteiger partial charge < -0.3 is 9.88 Å². The minimum absolute atomic E-state index is 0.137. The second-order valence-corrected chi connectivity index (χ2v) is 6.80. The zero-order valence-corrected chi connectivity index (χ0v) is 14.5. The number of anilines is 1. The number of halogens is 3. The number of nitrogens with zero attached hydrogens (tertiary/aromatic N) is 2. The highest BCUT2D eigenvalue weighted by molar-refractivity contribution is 7.83. The van der Waals surface area contributed by atoms with E-state index in [0.29, 0.717) is 0 Å². The Balaban J connectivity index is 2.13. The molecule has 2 N–H and O–H groups in total. The third kappa shape index (κ3) is 4.89. The minimum Gasteiger partial charge on any atom is -0.345 e. The first-order valence-corrected chi connectivity index (χ1v) is 8.38. The molecule has 10 heteroatoms. The van der Waals surface area contributed by atoms with Crippen LogP contribution in [-0.2, 0) is 18.0 Å². The predicted octanol–water partition coefficient (Wildman–Crippen LogP) is 2.47. The molecule has 2 rings (SSSR count). The highest BCUT2D eigenvalue weighted by Crippen LogP contribution is 2.19. The summed E-state index contributed by atoms with van der Waals surface area (Å²) < 4.78 is 55.3. The molecular formula is C15H17F3N4O2S. The zero-order chi connectivity index (χ0) is 18.8. The molecule has 0 aliphatic rings. The van der Waals surface area contributed by atoms with Crippen molar-refractivity contribution in [2.24, 2.45) is 7.05 Å².